The average Bonchev–Trinajstić information content (AvgIpc) is 3.16. The molecule has 8 nitrogen and oxygen atoms in total. The van der Waals surface area contributed by atoms with Crippen LogP contribution >= 0.6 is 7.82 Å². The number of hydrogen-bond acceptors (Lipinski definition) is 7. The standard InChI is InChI=1S/C45H88NO7P/c1-3-5-7-9-11-13-15-17-19-20-21-22-23-24-25-26-28-30-32-34-36-38-45(47)53-44(43-52-54(48,49)51-41-39-46)42-50-40-37-35-33-31-29-27-18-16-14-12-10-8-6-4-2/h14,16,20-21,44H,3-13,15,17-19,22-43,46H2,1-2H3,(H,48,49)/b16-14-,21-20-. The molecule has 0 aliphatic heterocycles. The van der Waals surface area contributed by atoms with Crippen LogP contribution in [0.1, 0.15) is 219 Å². The first-order valence-electron chi connectivity index (χ1n) is 22.8. The van der Waals surface area contributed by atoms with Crippen molar-refractivity contribution in [3.05, 3.63) is 24.3 Å². The number of allylic oxidation sites excluding steroid dienone is 4. The molecule has 0 aliphatic rings. The molecule has 0 heterocycles. The fourth-order valence-electron chi connectivity index (χ4n) is 6.46. The molecule has 0 fully saturated rings. The first-order chi connectivity index (χ1) is 26.4. The average molecular weight is 786 g/mol. The molecule has 3 N–H and O–H groups in total. The van der Waals surface area contributed by atoms with Crippen LogP contribution in [0, 0.1) is 0 Å². The summed E-state index contributed by atoms with van der Waals surface area (Å²) in [6.07, 6.45) is 47.7. The summed E-state index contributed by atoms with van der Waals surface area (Å²) in [6, 6.07) is 0. The first kappa shape index (κ1) is 53.0. The van der Waals surface area contributed by atoms with Gasteiger partial charge < -0.3 is 20.1 Å². The highest BCUT2D eigenvalue weighted by molar-refractivity contribution is 7.47. The third-order valence-corrected chi connectivity index (χ3v) is 10.8. The number of esters is 1. The molecule has 0 radical (unpaired) electrons. The van der Waals surface area contributed by atoms with E-state index in [4.69, 9.17) is 24.3 Å². The Labute approximate surface area is 334 Å². The molecule has 0 amide bonds. The van der Waals surface area contributed by atoms with Gasteiger partial charge in [0.15, 0.2) is 0 Å². The van der Waals surface area contributed by atoms with E-state index in [0.29, 0.717) is 13.0 Å². The van der Waals surface area contributed by atoms with Crippen LogP contribution in [0.3, 0.4) is 0 Å². The van der Waals surface area contributed by atoms with E-state index in [1.165, 1.54) is 167 Å². The van der Waals surface area contributed by atoms with Gasteiger partial charge in [0.25, 0.3) is 0 Å². The Morgan fingerprint density at radius 2 is 0.926 bits per heavy atom. The minimum Gasteiger partial charge on any atom is -0.457 e. The molecule has 2 atom stereocenters. The van der Waals surface area contributed by atoms with Gasteiger partial charge in [0, 0.05) is 19.6 Å². The third kappa shape index (κ3) is 42.1. The van der Waals surface area contributed by atoms with Crippen LogP contribution in [-0.4, -0.2) is 49.9 Å². The van der Waals surface area contributed by atoms with E-state index in [2.05, 4.69) is 38.2 Å². The second kappa shape index (κ2) is 43.1. The normalized spacial score (nSPS) is 13.6. The second-order valence-electron chi connectivity index (χ2n) is 15.3. The summed E-state index contributed by atoms with van der Waals surface area (Å²) in [5.41, 5.74) is 5.37. The zero-order valence-electron chi connectivity index (χ0n) is 35.5. The molecule has 0 rings (SSSR count). The zero-order chi connectivity index (χ0) is 39.5. The molecule has 0 aromatic carbocycles. The van der Waals surface area contributed by atoms with Gasteiger partial charge in [-0.05, 0) is 64.2 Å². The molecular weight excluding hydrogens is 697 g/mol. The van der Waals surface area contributed by atoms with Crippen LogP contribution in [0.25, 0.3) is 0 Å². The largest absolute Gasteiger partial charge is 0.472 e. The molecule has 0 saturated heterocycles. The maximum absolute atomic E-state index is 12.6. The molecular formula is C45H88NO7P. The van der Waals surface area contributed by atoms with Crippen LogP contribution in [0.15, 0.2) is 24.3 Å². The summed E-state index contributed by atoms with van der Waals surface area (Å²) in [7, 11) is -4.28. The lowest BCUT2D eigenvalue weighted by Crippen LogP contribution is -2.28. The number of carbonyl (C=O) groups is 1. The molecule has 0 saturated carbocycles. The van der Waals surface area contributed by atoms with Crippen molar-refractivity contribution in [2.45, 2.75) is 225 Å². The topological polar surface area (TPSA) is 117 Å². The van der Waals surface area contributed by atoms with Crippen molar-refractivity contribution in [3.8, 4) is 0 Å². The van der Waals surface area contributed by atoms with Crippen molar-refractivity contribution >= 4 is 13.8 Å². The van der Waals surface area contributed by atoms with Crippen LogP contribution in [0.5, 0.6) is 0 Å². The number of unbranched alkanes of at least 4 members (excludes halogenated alkanes) is 27. The number of rotatable bonds is 44. The smallest absolute Gasteiger partial charge is 0.457 e. The summed E-state index contributed by atoms with van der Waals surface area (Å²) in [4.78, 5) is 22.5. The van der Waals surface area contributed by atoms with Gasteiger partial charge in [-0.25, -0.2) is 4.57 Å². The maximum Gasteiger partial charge on any atom is 0.472 e. The number of nitrogens with two attached hydrogens (primary N) is 1. The predicted octanol–water partition coefficient (Wildman–Crippen LogP) is 13.6. The highest BCUT2D eigenvalue weighted by atomic mass is 31.2. The molecule has 54 heavy (non-hydrogen) atoms. The molecule has 0 spiro atoms. The lowest BCUT2D eigenvalue weighted by molar-refractivity contribution is -0.154. The van der Waals surface area contributed by atoms with E-state index in [1.807, 2.05) is 0 Å². The Morgan fingerprint density at radius 3 is 1.37 bits per heavy atom. The number of phosphoric acid groups is 1. The quantitative estimate of drug-likeness (QED) is 0.0271. The van der Waals surface area contributed by atoms with Crippen LogP contribution in [0.4, 0.5) is 0 Å². The van der Waals surface area contributed by atoms with Crippen LogP contribution in [0.2, 0.25) is 0 Å². The predicted molar refractivity (Wildman–Crippen MR) is 229 cm³/mol. The molecule has 0 aromatic heterocycles. The van der Waals surface area contributed by atoms with Crippen molar-refractivity contribution < 1.29 is 32.8 Å². The van der Waals surface area contributed by atoms with Crippen molar-refractivity contribution in [2.75, 3.05) is 33.0 Å². The lowest BCUT2D eigenvalue weighted by Gasteiger charge is -2.20. The highest BCUT2D eigenvalue weighted by Crippen LogP contribution is 2.43. The Kier molecular flexibility index (Phi) is 42.3. The lowest BCUT2D eigenvalue weighted by atomic mass is 10.1. The van der Waals surface area contributed by atoms with Gasteiger partial charge in [0.2, 0.25) is 0 Å². The van der Waals surface area contributed by atoms with Crippen molar-refractivity contribution in [1.29, 1.82) is 0 Å². The van der Waals surface area contributed by atoms with Crippen LogP contribution < -0.4 is 5.73 Å². The van der Waals surface area contributed by atoms with Crippen molar-refractivity contribution in [1.82, 2.24) is 0 Å². The fourth-order valence-corrected chi connectivity index (χ4v) is 7.22. The molecule has 320 valence electrons. The summed E-state index contributed by atoms with van der Waals surface area (Å²) >= 11 is 0. The van der Waals surface area contributed by atoms with Gasteiger partial charge in [0.05, 0.1) is 19.8 Å². The summed E-state index contributed by atoms with van der Waals surface area (Å²) < 4.78 is 33.4. The summed E-state index contributed by atoms with van der Waals surface area (Å²) in [5, 5.41) is 0. The monoisotopic (exact) mass is 786 g/mol. The van der Waals surface area contributed by atoms with Crippen LogP contribution in [-0.2, 0) is 27.9 Å². The molecule has 0 aliphatic carbocycles. The van der Waals surface area contributed by atoms with Gasteiger partial charge in [-0.3, -0.25) is 13.8 Å². The SMILES string of the molecule is CCCCCC/C=C\CCCCCCCCOCC(COP(=O)(O)OCCN)OC(=O)CCCCCCCCCCC/C=C\CCCCCCCCCC. The molecule has 2 unspecified atom stereocenters. The van der Waals surface area contributed by atoms with Gasteiger partial charge in [-0.15, -0.1) is 0 Å². The summed E-state index contributed by atoms with van der Waals surface area (Å²) in [6.45, 7) is 4.92. The van der Waals surface area contributed by atoms with E-state index in [9.17, 15) is 14.3 Å². The fraction of sp³-hybridized carbons (Fsp3) is 0.889. The Hall–Kier alpha value is -1.02. The van der Waals surface area contributed by atoms with Gasteiger partial charge in [-0.2, -0.15) is 0 Å². The van der Waals surface area contributed by atoms with E-state index in [0.717, 1.165) is 32.1 Å². The van der Waals surface area contributed by atoms with Crippen molar-refractivity contribution in [2.24, 2.45) is 5.73 Å². The number of phosphoric ester groups is 1. The van der Waals surface area contributed by atoms with E-state index in [1.54, 1.807) is 0 Å². The minimum atomic E-state index is -4.28. The number of ether oxygens (including phenoxy) is 2. The van der Waals surface area contributed by atoms with Gasteiger partial charge >= 0.3 is 13.8 Å². The molecule has 9 heteroatoms. The van der Waals surface area contributed by atoms with Crippen molar-refractivity contribution in [3.63, 3.8) is 0 Å². The van der Waals surface area contributed by atoms with Gasteiger partial charge in [-0.1, -0.05) is 173 Å². The van der Waals surface area contributed by atoms with E-state index in [-0.39, 0.29) is 32.3 Å². The van der Waals surface area contributed by atoms with E-state index >= 15 is 0 Å². The number of hydrogen-bond donors (Lipinski definition) is 2. The Balaban J connectivity index is 3.97. The second-order valence-corrected chi connectivity index (χ2v) is 16.7. The summed E-state index contributed by atoms with van der Waals surface area (Å²) in [5.74, 6) is -0.332. The molecule has 0 bridgehead atoms. The maximum atomic E-state index is 12.6. The Bertz CT molecular complexity index is 884. The third-order valence-electron chi connectivity index (χ3n) is 9.84. The highest BCUT2D eigenvalue weighted by Gasteiger charge is 2.25. The Morgan fingerprint density at radius 1 is 0.537 bits per heavy atom. The first-order valence-corrected chi connectivity index (χ1v) is 24.3. The molecule has 0 aromatic rings. The van der Waals surface area contributed by atoms with Gasteiger partial charge in [0.1, 0.15) is 6.10 Å². The number of carbonyl (C=O) groups excluding carboxylic acids is 1. The zero-order valence-corrected chi connectivity index (χ0v) is 36.4. The van der Waals surface area contributed by atoms with E-state index < -0.39 is 13.9 Å². The minimum absolute atomic E-state index is 0.0956.